The lowest BCUT2D eigenvalue weighted by Crippen LogP contribution is -2.51. The molecule has 196 valence electrons. The highest BCUT2D eigenvalue weighted by Gasteiger charge is 2.34. The molecular formula is C27H32N4O6. The molecule has 0 aromatic heterocycles. The van der Waals surface area contributed by atoms with Crippen LogP contribution >= 0.6 is 0 Å². The van der Waals surface area contributed by atoms with E-state index in [1.165, 1.54) is 5.56 Å². The van der Waals surface area contributed by atoms with Gasteiger partial charge in [0.05, 0.1) is 25.3 Å². The third-order valence-electron chi connectivity index (χ3n) is 6.79. The summed E-state index contributed by atoms with van der Waals surface area (Å²) < 4.78 is 21.5. The van der Waals surface area contributed by atoms with Crippen molar-refractivity contribution in [2.45, 2.75) is 19.5 Å². The minimum Gasteiger partial charge on any atom is -0.497 e. The minimum absolute atomic E-state index is 0.247. The summed E-state index contributed by atoms with van der Waals surface area (Å²) in [5.74, 6) is 1.84. The molecule has 0 radical (unpaired) electrons. The molecule has 0 saturated carbocycles. The summed E-state index contributed by atoms with van der Waals surface area (Å²) in [6.07, 6.45) is 0. The molecule has 10 nitrogen and oxygen atoms in total. The number of nitrogens with zero attached hydrogens (tertiary/aromatic N) is 2. The number of amides is 2. The minimum atomic E-state index is -0.610. The van der Waals surface area contributed by atoms with Gasteiger partial charge in [-0.1, -0.05) is 18.2 Å². The fourth-order valence-corrected chi connectivity index (χ4v) is 4.87. The van der Waals surface area contributed by atoms with Crippen LogP contribution in [-0.4, -0.2) is 75.0 Å². The van der Waals surface area contributed by atoms with Gasteiger partial charge in [0, 0.05) is 45.0 Å². The predicted octanol–water partition coefficient (Wildman–Crippen LogP) is 2.41. The van der Waals surface area contributed by atoms with Gasteiger partial charge in [-0.3, -0.25) is 9.80 Å². The highest BCUT2D eigenvalue weighted by molar-refractivity contribution is 5.95. The monoisotopic (exact) mass is 508 g/mol. The maximum Gasteiger partial charge on any atom is 0.338 e. The Bertz CT molecular complexity index is 1170. The quantitative estimate of drug-likeness (QED) is 0.525. The second kappa shape index (κ2) is 11.1. The fourth-order valence-electron chi connectivity index (χ4n) is 4.87. The molecule has 5 rings (SSSR count). The third kappa shape index (κ3) is 5.65. The van der Waals surface area contributed by atoms with Crippen LogP contribution in [-0.2, 0) is 16.1 Å². The summed E-state index contributed by atoms with van der Waals surface area (Å²) in [7, 11) is 1.60. The second-order valence-electron chi connectivity index (χ2n) is 9.16. The SMILES string of the molecule is CCOC(=O)C1=C(CN2CCN(Cc3ccc4c(c3)OCO4)CC2)NC(=O)N[C@@H]1c1ccc(OC)cc1. The second-order valence-corrected chi connectivity index (χ2v) is 9.16. The number of nitrogens with one attached hydrogen (secondary N) is 2. The number of rotatable bonds is 8. The normalized spacial score (nSPS) is 19.8. The number of carbonyl (C=O) groups excluding carboxylic acids is 2. The van der Waals surface area contributed by atoms with E-state index in [1.54, 1.807) is 14.0 Å². The first kappa shape index (κ1) is 24.9. The van der Waals surface area contributed by atoms with Crippen molar-refractivity contribution >= 4 is 12.0 Å². The van der Waals surface area contributed by atoms with Crippen molar-refractivity contribution in [1.29, 1.82) is 0 Å². The summed E-state index contributed by atoms with van der Waals surface area (Å²) in [4.78, 5) is 30.3. The Morgan fingerprint density at radius 2 is 1.70 bits per heavy atom. The third-order valence-corrected chi connectivity index (χ3v) is 6.79. The van der Waals surface area contributed by atoms with Gasteiger partial charge in [0.15, 0.2) is 11.5 Å². The predicted molar refractivity (Wildman–Crippen MR) is 135 cm³/mol. The molecule has 2 amide bonds. The molecule has 0 aliphatic carbocycles. The molecule has 0 spiro atoms. The van der Waals surface area contributed by atoms with E-state index in [9.17, 15) is 9.59 Å². The topological polar surface area (TPSA) is 102 Å². The molecule has 1 fully saturated rings. The molecule has 2 N–H and O–H groups in total. The van der Waals surface area contributed by atoms with Gasteiger partial charge < -0.3 is 29.6 Å². The molecule has 1 saturated heterocycles. The fraction of sp³-hybridized carbons (Fsp3) is 0.407. The number of ether oxygens (including phenoxy) is 4. The van der Waals surface area contributed by atoms with E-state index in [-0.39, 0.29) is 19.4 Å². The molecule has 0 unspecified atom stereocenters. The van der Waals surface area contributed by atoms with E-state index in [2.05, 4.69) is 26.5 Å². The highest BCUT2D eigenvalue weighted by Crippen LogP contribution is 2.33. The summed E-state index contributed by atoms with van der Waals surface area (Å²) in [6, 6.07) is 12.4. The smallest absolute Gasteiger partial charge is 0.338 e. The largest absolute Gasteiger partial charge is 0.497 e. The van der Waals surface area contributed by atoms with Gasteiger partial charge in [-0.05, 0) is 42.3 Å². The number of benzene rings is 2. The first-order valence-electron chi connectivity index (χ1n) is 12.5. The van der Waals surface area contributed by atoms with Crippen LogP contribution in [0.25, 0.3) is 0 Å². The van der Waals surface area contributed by atoms with Crippen LogP contribution in [0.5, 0.6) is 17.2 Å². The molecule has 10 heteroatoms. The average Bonchev–Trinajstić information content (AvgIpc) is 3.38. The molecular weight excluding hydrogens is 476 g/mol. The van der Waals surface area contributed by atoms with Crippen LogP contribution in [0.1, 0.15) is 24.1 Å². The van der Waals surface area contributed by atoms with Gasteiger partial charge in [-0.2, -0.15) is 0 Å². The summed E-state index contributed by atoms with van der Waals surface area (Å²) in [6.45, 7) is 6.91. The Kier molecular flexibility index (Phi) is 7.47. The van der Waals surface area contributed by atoms with Crippen LogP contribution < -0.4 is 24.8 Å². The van der Waals surface area contributed by atoms with Gasteiger partial charge in [0.1, 0.15) is 5.75 Å². The molecule has 1 atom stereocenters. The number of methoxy groups -OCH3 is 1. The van der Waals surface area contributed by atoms with Crippen molar-refractivity contribution in [3.05, 3.63) is 64.9 Å². The number of hydrogen-bond acceptors (Lipinski definition) is 8. The number of urea groups is 1. The van der Waals surface area contributed by atoms with Crippen LogP contribution in [0.2, 0.25) is 0 Å². The van der Waals surface area contributed by atoms with E-state index >= 15 is 0 Å². The highest BCUT2D eigenvalue weighted by atomic mass is 16.7. The maximum atomic E-state index is 13.1. The van der Waals surface area contributed by atoms with Crippen molar-refractivity contribution in [1.82, 2.24) is 20.4 Å². The molecule has 3 aliphatic rings. The lowest BCUT2D eigenvalue weighted by molar-refractivity contribution is -0.139. The Labute approximate surface area is 216 Å². The zero-order valence-electron chi connectivity index (χ0n) is 21.1. The van der Waals surface area contributed by atoms with Gasteiger partial charge in [0.2, 0.25) is 6.79 Å². The van der Waals surface area contributed by atoms with E-state index in [1.807, 2.05) is 36.4 Å². The van der Waals surface area contributed by atoms with Gasteiger partial charge >= 0.3 is 12.0 Å². The van der Waals surface area contributed by atoms with Crippen molar-refractivity contribution < 1.29 is 28.5 Å². The summed E-state index contributed by atoms with van der Waals surface area (Å²) in [5, 5.41) is 5.76. The Morgan fingerprint density at radius 3 is 2.41 bits per heavy atom. The van der Waals surface area contributed by atoms with Crippen molar-refractivity contribution in [3.8, 4) is 17.2 Å². The molecule has 2 aromatic rings. The van der Waals surface area contributed by atoms with E-state index in [4.69, 9.17) is 18.9 Å². The Morgan fingerprint density at radius 1 is 1.00 bits per heavy atom. The van der Waals surface area contributed by atoms with E-state index in [0.29, 0.717) is 23.6 Å². The first-order valence-corrected chi connectivity index (χ1v) is 12.5. The molecule has 2 aromatic carbocycles. The van der Waals surface area contributed by atoms with Gasteiger partial charge in [-0.25, -0.2) is 9.59 Å². The Hall–Kier alpha value is -3.76. The number of esters is 1. The van der Waals surface area contributed by atoms with Crippen molar-refractivity contribution in [3.63, 3.8) is 0 Å². The zero-order valence-corrected chi connectivity index (χ0v) is 21.1. The lowest BCUT2D eigenvalue weighted by atomic mass is 9.94. The zero-order chi connectivity index (χ0) is 25.8. The number of fused-ring (bicyclic) bond motifs is 1. The Balaban J connectivity index is 1.28. The van der Waals surface area contributed by atoms with Gasteiger partial charge in [0.25, 0.3) is 0 Å². The van der Waals surface area contributed by atoms with E-state index in [0.717, 1.165) is 49.8 Å². The maximum absolute atomic E-state index is 13.1. The summed E-state index contributed by atoms with van der Waals surface area (Å²) >= 11 is 0. The number of piperazine rings is 1. The van der Waals surface area contributed by atoms with Crippen LogP contribution in [0, 0.1) is 0 Å². The van der Waals surface area contributed by atoms with Crippen LogP contribution in [0.3, 0.4) is 0 Å². The standard InChI is InChI=1S/C27H32N4O6/c1-3-35-26(32)24-21(28-27(33)29-25(24)19-5-7-20(34-2)8-6-19)16-31-12-10-30(11-13-31)15-18-4-9-22-23(14-18)37-17-36-22/h4-9,14,25H,3,10-13,15-17H2,1-2H3,(H2,28,29,33)/t25-/m1/s1. The van der Waals surface area contributed by atoms with Gasteiger partial charge in [-0.15, -0.1) is 0 Å². The van der Waals surface area contributed by atoms with Crippen LogP contribution in [0.15, 0.2) is 53.7 Å². The molecule has 37 heavy (non-hydrogen) atoms. The molecule has 3 aliphatic heterocycles. The molecule has 0 bridgehead atoms. The summed E-state index contributed by atoms with van der Waals surface area (Å²) in [5.41, 5.74) is 2.96. The van der Waals surface area contributed by atoms with Crippen LogP contribution in [0.4, 0.5) is 4.79 Å². The number of carbonyl (C=O) groups is 2. The van der Waals surface area contributed by atoms with Crippen molar-refractivity contribution in [2.24, 2.45) is 0 Å². The molecule has 3 heterocycles. The first-order chi connectivity index (χ1) is 18.0. The number of hydrogen-bond donors (Lipinski definition) is 2. The lowest BCUT2D eigenvalue weighted by Gasteiger charge is -2.37. The average molecular weight is 509 g/mol. The van der Waals surface area contributed by atoms with E-state index < -0.39 is 12.0 Å². The van der Waals surface area contributed by atoms with Crippen molar-refractivity contribution in [2.75, 3.05) is 53.2 Å².